The Balaban J connectivity index is 4.61. The zero-order chi connectivity index (χ0) is 13.0. The van der Waals surface area contributed by atoms with Gasteiger partial charge in [0.05, 0.1) is 6.61 Å². The lowest BCUT2D eigenvalue weighted by molar-refractivity contribution is -0.131. The third kappa shape index (κ3) is 6.86. The van der Waals surface area contributed by atoms with E-state index in [1.807, 2.05) is 0 Å². The third-order valence-corrected chi connectivity index (χ3v) is 3.20. The molecule has 0 bridgehead atoms. The van der Waals surface area contributed by atoms with E-state index in [-0.39, 0.29) is 5.57 Å². The van der Waals surface area contributed by atoms with Gasteiger partial charge in [0.1, 0.15) is 0 Å². The van der Waals surface area contributed by atoms with Crippen LogP contribution >= 0.6 is 15.6 Å². The second-order valence-corrected chi connectivity index (χ2v) is 5.24. The molecular weight excluding hydrogens is 266 g/mol. The molecule has 0 aromatic heterocycles. The van der Waals surface area contributed by atoms with Gasteiger partial charge in [-0.05, 0) is 13.0 Å². The van der Waals surface area contributed by atoms with E-state index in [1.54, 1.807) is 0 Å². The van der Waals surface area contributed by atoms with Gasteiger partial charge in [-0.15, -0.1) is 0 Å². The Morgan fingerprint density at radius 1 is 1.31 bits per heavy atom. The summed E-state index contributed by atoms with van der Waals surface area (Å²) in [5.41, 5.74) is -0.217. The van der Waals surface area contributed by atoms with Crippen molar-refractivity contribution in [3.05, 3.63) is 11.6 Å². The molecule has 0 saturated heterocycles. The van der Waals surface area contributed by atoms with Crippen LogP contribution in [0.1, 0.15) is 6.92 Å². The zero-order valence-corrected chi connectivity index (χ0v) is 9.80. The molecule has 0 aromatic carbocycles. The number of carbonyl (C=O) groups excluding carboxylic acids is 1. The number of hydrogen-bond acceptors (Lipinski definition) is 6. The van der Waals surface area contributed by atoms with E-state index in [0.717, 1.165) is 13.0 Å². The summed E-state index contributed by atoms with van der Waals surface area (Å²) in [7, 11) is -10.4. The standard InChI is InChI=1S/C5H10O9P2/c1-4(2-3-6)5(7)13-16(11,12)14-15(8,9)10/h2,6H,3H2,1H3,(H,11,12)(H2,8,9,10)/b4-2+. The summed E-state index contributed by atoms with van der Waals surface area (Å²) in [5.74, 6) is -1.34. The summed E-state index contributed by atoms with van der Waals surface area (Å²) >= 11 is 0. The number of aliphatic hydroxyl groups is 1. The van der Waals surface area contributed by atoms with Gasteiger partial charge in [0.15, 0.2) is 0 Å². The van der Waals surface area contributed by atoms with Crippen molar-refractivity contribution in [3.8, 4) is 0 Å². The summed E-state index contributed by atoms with van der Waals surface area (Å²) in [5, 5.41) is 8.40. The molecule has 4 N–H and O–H groups in total. The van der Waals surface area contributed by atoms with Crippen LogP contribution in [0.2, 0.25) is 0 Å². The van der Waals surface area contributed by atoms with E-state index < -0.39 is 28.2 Å². The van der Waals surface area contributed by atoms with Crippen molar-refractivity contribution in [1.82, 2.24) is 0 Å². The second kappa shape index (κ2) is 5.70. The lowest BCUT2D eigenvalue weighted by atomic mass is 10.3. The highest BCUT2D eigenvalue weighted by Crippen LogP contribution is 2.57. The van der Waals surface area contributed by atoms with Crippen molar-refractivity contribution in [2.24, 2.45) is 0 Å². The molecule has 0 saturated carbocycles. The second-order valence-electron chi connectivity index (χ2n) is 2.49. The number of phosphoric ester groups is 1. The van der Waals surface area contributed by atoms with Gasteiger partial charge in [-0.3, -0.25) is 4.89 Å². The van der Waals surface area contributed by atoms with Crippen molar-refractivity contribution >= 4 is 21.6 Å². The van der Waals surface area contributed by atoms with Gasteiger partial charge in [-0.2, -0.15) is 4.31 Å². The summed E-state index contributed by atoms with van der Waals surface area (Å²) in [6, 6.07) is 0. The first kappa shape index (κ1) is 15.5. The van der Waals surface area contributed by atoms with Gasteiger partial charge in [-0.25, -0.2) is 13.9 Å². The van der Waals surface area contributed by atoms with Gasteiger partial charge >= 0.3 is 21.6 Å². The van der Waals surface area contributed by atoms with E-state index in [1.165, 1.54) is 0 Å². The summed E-state index contributed by atoms with van der Waals surface area (Å²) in [6.45, 7) is 0.659. The average molecular weight is 276 g/mol. The lowest BCUT2D eigenvalue weighted by Gasteiger charge is -2.11. The first-order chi connectivity index (χ1) is 7.07. The molecule has 0 rings (SSSR count). The fourth-order valence-electron chi connectivity index (χ4n) is 0.548. The molecular formula is C5H10O9P2. The molecule has 0 heterocycles. The average Bonchev–Trinajstić information content (AvgIpc) is 1.98. The molecule has 0 aromatic rings. The van der Waals surface area contributed by atoms with E-state index >= 15 is 0 Å². The van der Waals surface area contributed by atoms with Gasteiger partial charge in [0, 0.05) is 5.57 Å². The van der Waals surface area contributed by atoms with Crippen LogP contribution in [0.25, 0.3) is 0 Å². The van der Waals surface area contributed by atoms with Crippen LogP contribution in [0.4, 0.5) is 0 Å². The number of hydrogen-bond donors (Lipinski definition) is 4. The maximum absolute atomic E-state index is 11.0. The summed E-state index contributed by atoms with van der Waals surface area (Å²) < 4.78 is 28.3. The van der Waals surface area contributed by atoms with Crippen molar-refractivity contribution in [2.45, 2.75) is 6.92 Å². The Morgan fingerprint density at radius 3 is 2.19 bits per heavy atom. The van der Waals surface area contributed by atoms with Crippen molar-refractivity contribution < 1.29 is 42.5 Å². The minimum absolute atomic E-state index is 0.217. The largest absolute Gasteiger partial charge is 0.538 e. The first-order valence-electron chi connectivity index (χ1n) is 3.68. The molecule has 0 radical (unpaired) electrons. The smallest absolute Gasteiger partial charge is 0.392 e. The predicted octanol–water partition coefficient (Wildman–Crippen LogP) is -0.322. The molecule has 11 heteroatoms. The molecule has 94 valence electrons. The predicted molar refractivity (Wildman–Crippen MR) is 49.9 cm³/mol. The van der Waals surface area contributed by atoms with Crippen LogP contribution in [-0.2, 0) is 22.8 Å². The monoisotopic (exact) mass is 276 g/mol. The fraction of sp³-hybridized carbons (Fsp3) is 0.400. The van der Waals surface area contributed by atoms with Crippen LogP contribution in [0, 0.1) is 0 Å². The van der Waals surface area contributed by atoms with Crippen LogP contribution in [0.5, 0.6) is 0 Å². The molecule has 1 unspecified atom stereocenters. The van der Waals surface area contributed by atoms with Crippen LogP contribution in [0.15, 0.2) is 11.6 Å². The highest BCUT2D eigenvalue weighted by Gasteiger charge is 2.35. The Morgan fingerprint density at radius 2 is 1.81 bits per heavy atom. The minimum Gasteiger partial charge on any atom is -0.392 e. The molecule has 9 nitrogen and oxygen atoms in total. The SMILES string of the molecule is C/C(=C\CO)C(=O)OP(=O)(O)OP(=O)(O)O. The molecule has 0 amide bonds. The number of phosphoric acid groups is 2. The van der Waals surface area contributed by atoms with Gasteiger partial charge in [0.2, 0.25) is 0 Å². The normalized spacial score (nSPS) is 16.7. The Kier molecular flexibility index (Phi) is 5.51. The molecule has 0 aliphatic rings. The maximum Gasteiger partial charge on any atom is 0.538 e. The molecule has 1 atom stereocenters. The molecule has 0 spiro atoms. The van der Waals surface area contributed by atoms with E-state index in [4.69, 9.17) is 19.8 Å². The Hall–Kier alpha value is -0.530. The Bertz CT molecular complexity index is 379. The van der Waals surface area contributed by atoms with Gasteiger partial charge < -0.3 is 19.4 Å². The van der Waals surface area contributed by atoms with E-state index in [2.05, 4.69) is 8.83 Å². The lowest BCUT2D eigenvalue weighted by Crippen LogP contribution is -2.05. The topological polar surface area (TPSA) is 151 Å². The summed E-state index contributed by atoms with van der Waals surface area (Å²) in [4.78, 5) is 36.2. The molecule has 0 aliphatic carbocycles. The maximum atomic E-state index is 11.0. The minimum atomic E-state index is -5.25. The highest BCUT2D eigenvalue weighted by atomic mass is 31.3. The van der Waals surface area contributed by atoms with Crippen molar-refractivity contribution in [2.75, 3.05) is 6.61 Å². The highest BCUT2D eigenvalue weighted by molar-refractivity contribution is 7.61. The first-order valence-corrected chi connectivity index (χ1v) is 6.71. The third-order valence-electron chi connectivity index (χ3n) is 1.13. The fourth-order valence-corrected chi connectivity index (χ4v) is 2.11. The van der Waals surface area contributed by atoms with Gasteiger partial charge in [0.25, 0.3) is 0 Å². The van der Waals surface area contributed by atoms with Crippen LogP contribution in [-0.4, -0.2) is 32.4 Å². The number of carbonyl (C=O) groups is 1. The molecule has 0 fully saturated rings. The Labute approximate surface area is 90.2 Å². The molecule has 0 aliphatic heterocycles. The van der Waals surface area contributed by atoms with Crippen LogP contribution < -0.4 is 0 Å². The summed E-state index contributed by atoms with van der Waals surface area (Å²) in [6.07, 6.45) is 0.972. The molecule has 16 heavy (non-hydrogen) atoms. The number of aliphatic hydroxyl groups excluding tert-OH is 1. The van der Waals surface area contributed by atoms with Crippen molar-refractivity contribution in [1.29, 1.82) is 0 Å². The van der Waals surface area contributed by atoms with Gasteiger partial charge in [-0.1, -0.05) is 0 Å². The van der Waals surface area contributed by atoms with Crippen LogP contribution in [0.3, 0.4) is 0 Å². The quantitative estimate of drug-likeness (QED) is 0.391. The number of rotatable bonds is 5. The zero-order valence-electron chi connectivity index (χ0n) is 8.01. The van der Waals surface area contributed by atoms with E-state index in [9.17, 15) is 13.9 Å². The van der Waals surface area contributed by atoms with Crippen molar-refractivity contribution in [3.63, 3.8) is 0 Å². The van der Waals surface area contributed by atoms with E-state index in [0.29, 0.717) is 0 Å².